The molecular weight excluding hydrogens is 229 g/mol. The van der Waals surface area contributed by atoms with Crippen LogP contribution in [0.5, 0.6) is 0 Å². The lowest BCUT2D eigenvalue weighted by Crippen LogP contribution is -2.06. The van der Waals surface area contributed by atoms with Crippen molar-refractivity contribution in [1.29, 1.82) is 0 Å². The van der Waals surface area contributed by atoms with Gasteiger partial charge in [0.1, 0.15) is 12.9 Å². The third-order valence-corrected chi connectivity index (χ3v) is 2.59. The fourth-order valence-electron chi connectivity index (χ4n) is 1.73. The molecule has 0 spiro atoms. The van der Waals surface area contributed by atoms with Gasteiger partial charge in [-0.05, 0) is 23.3 Å². The minimum Gasteiger partial charge on any atom is -0.399 e. The molecule has 2 aromatic carbocycles. The van der Waals surface area contributed by atoms with E-state index in [1.807, 2.05) is 30.3 Å². The van der Waals surface area contributed by atoms with Crippen LogP contribution in [0.3, 0.4) is 0 Å². The summed E-state index contributed by atoms with van der Waals surface area (Å²) in [5, 5.41) is 4.01. The summed E-state index contributed by atoms with van der Waals surface area (Å²) >= 11 is 0. The zero-order valence-electron chi connectivity index (χ0n) is 10.1. The van der Waals surface area contributed by atoms with Gasteiger partial charge >= 0.3 is 0 Å². The summed E-state index contributed by atoms with van der Waals surface area (Å²) in [6.45, 7) is 0. The van der Waals surface area contributed by atoms with Crippen LogP contribution in [0.2, 0.25) is 0 Å². The van der Waals surface area contributed by atoms with Gasteiger partial charge in [0.25, 0.3) is 0 Å². The zero-order valence-corrected chi connectivity index (χ0v) is 10.1. The Morgan fingerprint density at radius 3 is 2.33 bits per heavy atom. The van der Waals surface area contributed by atoms with Crippen molar-refractivity contribution in [3.63, 3.8) is 0 Å². The number of halogens is 1. The van der Waals surface area contributed by atoms with Crippen LogP contribution < -0.4 is 0 Å². The second-order valence-electron chi connectivity index (χ2n) is 3.89. The van der Waals surface area contributed by atoms with Crippen molar-refractivity contribution in [2.24, 2.45) is 5.16 Å². The molecule has 0 saturated heterocycles. The summed E-state index contributed by atoms with van der Waals surface area (Å²) in [7, 11) is 1.51. The Hall–Kier alpha value is -2.16. The van der Waals surface area contributed by atoms with Crippen LogP contribution in [0.25, 0.3) is 0 Å². The molecule has 0 aliphatic heterocycles. The lowest BCUT2D eigenvalue weighted by molar-refractivity contribution is 0.213. The molecular formula is C15H14FNO. The molecule has 0 saturated carbocycles. The molecule has 0 aromatic heterocycles. The van der Waals surface area contributed by atoms with Crippen molar-refractivity contribution in [2.75, 3.05) is 7.11 Å². The largest absolute Gasteiger partial charge is 0.399 e. The third kappa shape index (κ3) is 3.17. The maximum Gasteiger partial charge on any atom is 0.123 e. The Kier molecular flexibility index (Phi) is 4.07. The number of rotatable bonds is 4. The second kappa shape index (κ2) is 5.96. The third-order valence-electron chi connectivity index (χ3n) is 2.59. The fraction of sp³-hybridized carbons (Fsp3) is 0.133. The molecule has 92 valence electrons. The van der Waals surface area contributed by atoms with Gasteiger partial charge < -0.3 is 4.84 Å². The van der Waals surface area contributed by atoms with Crippen molar-refractivity contribution in [2.45, 2.75) is 6.42 Å². The molecule has 0 fully saturated rings. The standard InChI is InChI=1S/C15H14FNO/c1-18-17-15(11-12-5-3-2-4-6-12)13-7-9-14(16)10-8-13/h2-10H,11H2,1H3/b17-15-. The summed E-state index contributed by atoms with van der Waals surface area (Å²) in [5.74, 6) is -0.254. The van der Waals surface area contributed by atoms with Crippen LogP contribution in [0.4, 0.5) is 4.39 Å². The molecule has 2 rings (SSSR count). The van der Waals surface area contributed by atoms with Gasteiger partial charge in [0.2, 0.25) is 0 Å². The molecule has 0 bridgehead atoms. The van der Waals surface area contributed by atoms with Gasteiger partial charge in [-0.3, -0.25) is 0 Å². The molecule has 0 aliphatic carbocycles. The van der Waals surface area contributed by atoms with Crippen molar-refractivity contribution in [3.05, 3.63) is 71.5 Å². The molecule has 2 nitrogen and oxygen atoms in total. The lowest BCUT2D eigenvalue weighted by Gasteiger charge is -2.06. The van der Waals surface area contributed by atoms with E-state index in [4.69, 9.17) is 4.84 Å². The van der Waals surface area contributed by atoms with E-state index in [-0.39, 0.29) is 5.82 Å². The summed E-state index contributed by atoms with van der Waals surface area (Å²) < 4.78 is 12.9. The summed E-state index contributed by atoms with van der Waals surface area (Å²) in [4.78, 5) is 4.86. The summed E-state index contributed by atoms with van der Waals surface area (Å²) in [5.41, 5.74) is 2.78. The van der Waals surface area contributed by atoms with Gasteiger partial charge in [-0.25, -0.2) is 4.39 Å². The normalized spacial score (nSPS) is 11.3. The van der Waals surface area contributed by atoms with Gasteiger partial charge in [0.05, 0.1) is 5.71 Å². The van der Waals surface area contributed by atoms with E-state index in [9.17, 15) is 4.39 Å². The van der Waals surface area contributed by atoms with E-state index in [0.717, 1.165) is 16.8 Å². The number of hydrogen-bond acceptors (Lipinski definition) is 2. The van der Waals surface area contributed by atoms with E-state index in [0.29, 0.717) is 6.42 Å². The van der Waals surface area contributed by atoms with E-state index in [1.165, 1.54) is 19.2 Å². The number of hydrogen-bond donors (Lipinski definition) is 0. The predicted molar refractivity (Wildman–Crippen MR) is 70.1 cm³/mol. The Balaban J connectivity index is 2.24. The van der Waals surface area contributed by atoms with Crippen molar-refractivity contribution < 1.29 is 9.23 Å². The molecule has 0 amide bonds. The quantitative estimate of drug-likeness (QED) is 0.595. The summed E-state index contributed by atoms with van der Waals surface area (Å²) in [6, 6.07) is 16.2. The average molecular weight is 243 g/mol. The SMILES string of the molecule is CO/N=C(/Cc1ccccc1)c1ccc(F)cc1. The van der Waals surface area contributed by atoms with Gasteiger partial charge in [-0.1, -0.05) is 47.6 Å². The van der Waals surface area contributed by atoms with Gasteiger partial charge in [0, 0.05) is 6.42 Å². The highest BCUT2D eigenvalue weighted by Crippen LogP contribution is 2.10. The molecule has 2 aromatic rings. The van der Waals surface area contributed by atoms with E-state index < -0.39 is 0 Å². The van der Waals surface area contributed by atoms with E-state index >= 15 is 0 Å². The smallest absolute Gasteiger partial charge is 0.123 e. The van der Waals surface area contributed by atoms with Crippen LogP contribution in [-0.4, -0.2) is 12.8 Å². The summed E-state index contributed by atoms with van der Waals surface area (Å²) in [6.07, 6.45) is 0.653. The van der Waals surface area contributed by atoms with E-state index in [1.54, 1.807) is 12.1 Å². The molecule has 0 N–H and O–H groups in total. The monoisotopic (exact) mass is 243 g/mol. The van der Waals surface area contributed by atoms with E-state index in [2.05, 4.69) is 5.16 Å². The topological polar surface area (TPSA) is 21.6 Å². The van der Waals surface area contributed by atoms with Gasteiger partial charge in [-0.2, -0.15) is 0 Å². The van der Waals surface area contributed by atoms with Crippen molar-refractivity contribution in [1.82, 2.24) is 0 Å². The van der Waals surface area contributed by atoms with Crippen molar-refractivity contribution in [3.8, 4) is 0 Å². The van der Waals surface area contributed by atoms with Gasteiger partial charge in [-0.15, -0.1) is 0 Å². The first-order valence-corrected chi connectivity index (χ1v) is 5.69. The Morgan fingerprint density at radius 1 is 1.06 bits per heavy atom. The van der Waals surface area contributed by atoms with Crippen LogP contribution in [0.15, 0.2) is 59.8 Å². The first-order chi connectivity index (χ1) is 8.79. The number of benzene rings is 2. The van der Waals surface area contributed by atoms with Crippen LogP contribution in [0, 0.1) is 5.82 Å². The maximum absolute atomic E-state index is 12.9. The maximum atomic E-state index is 12.9. The molecule has 0 radical (unpaired) electrons. The van der Waals surface area contributed by atoms with Crippen LogP contribution in [0.1, 0.15) is 11.1 Å². The number of nitrogens with zero attached hydrogens (tertiary/aromatic N) is 1. The highest BCUT2D eigenvalue weighted by Gasteiger charge is 2.06. The van der Waals surface area contributed by atoms with Crippen LogP contribution in [-0.2, 0) is 11.3 Å². The first kappa shape index (κ1) is 12.3. The highest BCUT2D eigenvalue weighted by atomic mass is 19.1. The molecule has 3 heteroatoms. The second-order valence-corrected chi connectivity index (χ2v) is 3.89. The molecule has 0 unspecified atom stereocenters. The van der Waals surface area contributed by atoms with Crippen LogP contribution >= 0.6 is 0 Å². The Labute approximate surface area is 106 Å². The Bertz CT molecular complexity index is 520. The van der Waals surface area contributed by atoms with Crippen molar-refractivity contribution >= 4 is 5.71 Å². The predicted octanol–water partition coefficient (Wildman–Crippen LogP) is 3.42. The molecule has 0 heterocycles. The first-order valence-electron chi connectivity index (χ1n) is 5.69. The van der Waals surface area contributed by atoms with Gasteiger partial charge in [0.15, 0.2) is 0 Å². The average Bonchev–Trinajstić information content (AvgIpc) is 2.40. The zero-order chi connectivity index (χ0) is 12.8. The molecule has 0 aliphatic rings. The fourth-order valence-corrected chi connectivity index (χ4v) is 1.73. The highest BCUT2D eigenvalue weighted by molar-refractivity contribution is 6.01. The minimum atomic E-state index is -0.254. The molecule has 18 heavy (non-hydrogen) atoms. The Morgan fingerprint density at radius 2 is 1.72 bits per heavy atom. The number of oxime groups is 1. The minimum absolute atomic E-state index is 0.254. The lowest BCUT2D eigenvalue weighted by atomic mass is 10.0. The molecule has 0 atom stereocenters.